The minimum absolute atomic E-state index is 0. The molecule has 2 saturated heterocycles. The Morgan fingerprint density at radius 1 is 1.75 bits per heavy atom. The Hall–Kier alpha value is -0.320. The van der Waals surface area contributed by atoms with Gasteiger partial charge in [0.1, 0.15) is 0 Å². The number of carbonyl (C=O) groups is 1. The van der Waals surface area contributed by atoms with Crippen molar-refractivity contribution in [2.75, 3.05) is 20.3 Å². The number of esters is 1. The minimum Gasteiger partial charge on any atom is -0.467 e. The summed E-state index contributed by atoms with van der Waals surface area (Å²) in [4.78, 5) is 11.2. The predicted molar refractivity (Wildman–Crippen MR) is 44.4 cm³/mol. The molecule has 5 heteroatoms. The lowest BCUT2D eigenvalue weighted by Crippen LogP contribution is -2.45. The van der Waals surface area contributed by atoms with E-state index in [4.69, 9.17) is 4.74 Å². The van der Waals surface area contributed by atoms with E-state index in [0.29, 0.717) is 19.2 Å². The molecule has 0 aliphatic carbocycles. The van der Waals surface area contributed by atoms with Gasteiger partial charge in [-0.3, -0.25) is 0 Å². The van der Waals surface area contributed by atoms with Crippen molar-refractivity contribution in [2.24, 2.45) is 0 Å². The zero-order chi connectivity index (χ0) is 7.90. The van der Waals surface area contributed by atoms with Crippen molar-refractivity contribution in [1.82, 2.24) is 5.32 Å². The fourth-order valence-corrected chi connectivity index (χ4v) is 1.74. The van der Waals surface area contributed by atoms with Crippen molar-refractivity contribution < 1.29 is 14.3 Å². The molecule has 0 unspecified atom stereocenters. The molecule has 0 aromatic heterocycles. The summed E-state index contributed by atoms with van der Waals surface area (Å²) in [6.45, 7) is 1.24. The summed E-state index contributed by atoms with van der Waals surface area (Å²) in [5.41, 5.74) is -0.653. The van der Waals surface area contributed by atoms with Crippen LogP contribution in [0, 0.1) is 0 Å². The lowest BCUT2D eigenvalue weighted by Gasteiger charge is -2.23. The standard InChI is InChI=1S/C7H11NO3.ClH/c1-10-6(9)7-2-5(3-11-7)8-4-7;/h5,8H,2-4H2,1H3;1H/t5-,7-;/m1./s1. The second kappa shape index (κ2) is 3.20. The summed E-state index contributed by atoms with van der Waals surface area (Å²) in [5, 5.41) is 3.19. The van der Waals surface area contributed by atoms with Crippen molar-refractivity contribution in [3.05, 3.63) is 0 Å². The highest BCUT2D eigenvalue weighted by molar-refractivity contribution is 5.85. The molecule has 2 atom stereocenters. The number of nitrogens with one attached hydrogen (secondary N) is 1. The normalized spacial score (nSPS) is 37.6. The molecule has 2 rings (SSSR count). The molecule has 2 aliphatic heterocycles. The van der Waals surface area contributed by atoms with Crippen LogP contribution in [-0.4, -0.2) is 37.9 Å². The van der Waals surface area contributed by atoms with Gasteiger partial charge >= 0.3 is 5.97 Å². The molecule has 0 saturated carbocycles. The zero-order valence-electron chi connectivity index (χ0n) is 6.83. The predicted octanol–water partition coefficient (Wildman–Crippen LogP) is -0.288. The molecule has 0 amide bonds. The van der Waals surface area contributed by atoms with Crippen LogP contribution in [0.15, 0.2) is 0 Å². The Bertz CT molecular complexity index is 189. The molecule has 0 radical (unpaired) electrons. The smallest absolute Gasteiger partial charge is 0.339 e. The highest BCUT2D eigenvalue weighted by atomic mass is 35.5. The number of ether oxygens (including phenoxy) is 2. The number of rotatable bonds is 1. The van der Waals surface area contributed by atoms with Crippen molar-refractivity contribution in [1.29, 1.82) is 0 Å². The second-order valence-corrected chi connectivity index (χ2v) is 3.08. The van der Waals surface area contributed by atoms with Gasteiger partial charge in [-0.2, -0.15) is 0 Å². The molecule has 0 spiro atoms. The number of hydrogen-bond donors (Lipinski definition) is 1. The third-order valence-electron chi connectivity index (χ3n) is 2.37. The molecule has 2 aliphatic rings. The molecule has 0 aromatic carbocycles. The minimum atomic E-state index is -0.653. The van der Waals surface area contributed by atoms with Crippen LogP contribution < -0.4 is 5.32 Å². The molecular weight excluding hydrogens is 182 g/mol. The van der Waals surface area contributed by atoms with Gasteiger partial charge in [0.2, 0.25) is 0 Å². The molecule has 2 heterocycles. The summed E-state index contributed by atoms with van der Waals surface area (Å²) >= 11 is 0. The van der Waals surface area contributed by atoms with Gasteiger partial charge in [-0.15, -0.1) is 12.4 Å². The fraction of sp³-hybridized carbons (Fsp3) is 0.857. The van der Waals surface area contributed by atoms with Crippen molar-refractivity contribution in [2.45, 2.75) is 18.1 Å². The monoisotopic (exact) mass is 193 g/mol. The van der Waals surface area contributed by atoms with E-state index in [1.54, 1.807) is 0 Å². The lowest BCUT2D eigenvalue weighted by atomic mass is 10.0. The molecule has 0 aromatic rings. The number of hydrogen-bond acceptors (Lipinski definition) is 4. The van der Waals surface area contributed by atoms with Gasteiger partial charge in [-0.25, -0.2) is 4.79 Å². The van der Waals surface area contributed by atoms with Gasteiger partial charge in [-0.1, -0.05) is 0 Å². The van der Waals surface area contributed by atoms with Crippen LogP contribution in [0.4, 0.5) is 0 Å². The molecule has 12 heavy (non-hydrogen) atoms. The zero-order valence-corrected chi connectivity index (χ0v) is 7.65. The SMILES string of the molecule is COC(=O)[C@@]12CN[C@@H](CO1)C2.Cl. The first-order valence-corrected chi connectivity index (χ1v) is 3.73. The summed E-state index contributed by atoms with van der Waals surface area (Å²) < 4.78 is 10.0. The second-order valence-electron chi connectivity index (χ2n) is 3.08. The van der Waals surface area contributed by atoms with Gasteiger partial charge in [0.05, 0.1) is 13.7 Å². The first-order chi connectivity index (χ1) is 5.27. The van der Waals surface area contributed by atoms with Gasteiger partial charge in [-0.05, 0) is 0 Å². The molecular formula is C7H12ClNO3. The summed E-state index contributed by atoms with van der Waals surface area (Å²) in [6.07, 6.45) is 0.764. The first kappa shape index (κ1) is 9.77. The number of methoxy groups -OCH3 is 1. The van der Waals surface area contributed by atoms with Crippen molar-refractivity contribution in [3.8, 4) is 0 Å². The Morgan fingerprint density at radius 3 is 2.83 bits per heavy atom. The topological polar surface area (TPSA) is 47.6 Å². The maximum atomic E-state index is 11.2. The van der Waals surface area contributed by atoms with Crippen LogP contribution in [0.5, 0.6) is 0 Å². The van der Waals surface area contributed by atoms with Crippen molar-refractivity contribution >= 4 is 18.4 Å². The lowest BCUT2D eigenvalue weighted by molar-refractivity contribution is -0.163. The maximum absolute atomic E-state index is 11.2. The van der Waals surface area contributed by atoms with Crippen LogP contribution in [0.25, 0.3) is 0 Å². The van der Waals surface area contributed by atoms with E-state index in [0.717, 1.165) is 6.42 Å². The Kier molecular flexibility index (Phi) is 2.61. The highest BCUT2D eigenvalue weighted by Crippen LogP contribution is 2.31. The number of carbonyl (C=O) groups excluding carboxylic acids is 1. The third-order valence-corrected chi connectivity index (χ3v) is 2.37. The third kappa shape index (κ3) is 1.20. The largest absolute Gasteiger partial charge is 0.467 e. The fourth-order valence-electron chi connectivity index (χ4n) is 1.74. The molecule has 2 fully saturated rings. The maximum Gasteiger partial charge on any atom is 0.339 e. The van der Waals surface area contributed by atoms with Gasteiger partial charge < -0.3 is 14.8 Å². The van der Waals surface area contributed by atoms with Gasteiger partial charge in [0.25, 0.3) is 0 Å². The number of morpholine rings is 1. The van der Waals surface area contributed by atoms with E-state index in [1.165, 1.54) is 7.11 Å². The van der Waals surface area contributed by atoms with E-state index >= 15 is 0 Å². The molecule has 4 nitrogen and oxygen atoms in total. The van der Waals surface area contributed by atoms with Gasteiger partial charge in [0, 0.05) is 19.0 Å². The van der Waals surface area contributed by atoms with Gasteiger partial charge in [0.15, 0.2) is 5.60 Å². The average Bonchev–Trinajstić information content (AvgIpc) is 2.62. The van der Waals surface area contributed by atoms with E-state index in [2.05, 4.69) is 10.1 Å². The Morgan fingerprint density at radius 2 is 2.50 bits per heavy atom. The summed E-state index contributed by atoms with van der Waals surface area (Å²) in [5.74, 6) is -0.245. The van der Waals surface area contributed by atoms with Crippen molar-refractivity contribution in [3.63, 3.8) is 0 Å². The number of fused-ring (bicyclic) bond motifs is 2. The van der Waals surface area contributed by atoms with Crippen LogP contribution in [0.3, 0.4) is 0 Å². The molecule has 2 bridgehead atoms. The van der Waals surface area contributed by atoms with E-state index in [1.807, 2.05) is 0 Å². The van der Waals surface area contributed by atoms with Crippen LogP contribution >= 0.6 is 12.4 Å². The highest BCUT2D eigenvalue weighted by Gasteiger charge is 2.52. The van der Waals surface area contributed by atoms with Crippen LogP contribution in [-0.2, 0) is 14.3 Å². The quantitative estimate of drug-likeness (QED) is 0.582. The molecule has 1 N–H and O–H groups in total. The number of halogens is 1. The van der Waals surface area contributed by atoms with E-state index in [9.17, 15) is 4.79 Å². The molecule has 70 valence electrons. The first-order valence-electron chi connectivity index (χ1n) is 3.73. The van der Waals surface area contributed by atoms with Crippen LogP contribution in [0.2, 0.25) is 0 Å². The Balaban J connectivity index is 0.000000720. The van der Waals surface area contributed by atoms with Crippen LogP contribution in [0.1, 0.15) is 6.42 Å². The van der Waals surface area contributed by atoms with E-state index < -0.39 is 5.60 Å². The summed E-state index contributed by atoms with van der Waals surface area (Å²) in [6, 6.07) is 0.356. The Labute approximate surface area is 77.0 Å². The average molecular weight is 194 g/mol. The summed E-state index contributed by atoms with van der Waals surface area (Å²) in [7, 11) is 1.39. The van der Waals surface area contributed by atoms with E-state index in [-0.39, 0.29) is 18.4 Å².